The zero-order valence-corrected chi connectivity index (χ0v) is 13.8. The molecule has 1 aliphatic carbocycles. The van der Waals surface area contributed by atoms with Crippen molar-refractivity contribution in [2.75, 3.05) is 0 Å². The molecule has 3 aromatic heterocycles. The van der Waals surface area contributed by atoms with Gasteiger partial charge in [-0.2, -0.15) is 10.1 Å². The van der Waals surface area contributed by atoms with Crippen LogP contribution in [0.3, 0.4) is 0 Å². The largest absolute Gasteiger partial charge is 0.339 e. The van der Waals surface area contributed by atoms with E-state index in [2.05, 4.69) is 30.6 Å². The summed E-state index contributed by atoms with van der Waals surface area (Å²) in [5.41, 5.74) is 3.18. The molecular weight excluding hydrogens is 320 g/mol. The van der Waals surface area contributed by atoms with Gasteiger partial charge in [0.2, 0.25) is 11.7 Å². The predicted octanol–water partition coefficient (Wildman–Crippen LogP) is 2.22. The molecule has 0 bridgehead atoms. The van der Waals surface area contributed by atoms with E-state index in [1.807, 2.05) is 12.1 Å². The van der Waals surface area contributed by atoms with Crippen LogP contribution in [0.1, 0.15) is 53.4 Å². The molecule has 4 rings (SSSR count). The van der Waals surface area contributed by atoms with Gasteiger partial charge in [-0.05, 0) is 44.7 Å². The molecule has 0 aromatic carbocycles. The minimum atomic E-state index is -0.423. The van der Waals surface area contributed by atoms with E-state index < -0.39 is 6.04 Å². The maximum absolute atomic E-state index is 12.5. The normalized spacial score (nSPS) is 14.8. The Morgan fingerprint density at radius 3 is 3.04 bits per heavy atom. The average Bonchev–Trinajstić information content (AvgIpc) is 3.30. The zero-order valence-electron chi connectivity index (χ0n) is 13.8. The van der Waals surface area contributed by atoms with E-state index in [0.717, 1.165) is 36.9 Å². The van der Waals surface area contributed by atoms with Gasteiger partial charge in [0.25, 0.3) is 5.91 Å². The highest BCUT2D eigenvalue weighted by atomic mass is 16.5. The van der Waals surface area contributed by atoms with Crippen molar-refractivity contribution in [2.24, 2.45) is 0 Å². The molecule has 0 saturated heterocycles. The van der Waals surface area contributed by atoms with Gasteiger partial charge in [0.1, 0.15) is 11.7 Å². The lowest BCUT2D eigenvalue weighted by Gasteiger charge is -2.12. The Labute approximate surface area is 144 Å². The highest BCUT2D eigenvalue weighted by Gasteiger charge is 2.24. The number of rotatable bonds is 4. The molecule has 0 saturated carbocycles. The summed E-state index contributed by atoms with van der Waals surface area (Å²) >= 11 is 0. The highest BCUT2D eigenvalue weighted by molar-refractivity contribution is 5.94. The van der Waals surface area contributed by atoms with Crippen LogP contribution in [0.2, 0.25) is 0 Å². The highest BCUT2D eigenvalue weighted by Crippen LogP contribution is 2.23. The van der Waals surface area contributed by atoms with Gasteiger partial charge in [0.15, 0.2) is 5.69 Å². The van der Waals surface area contributed by atoms with Crippen LogP contribution in [-0.4, -0.2) is 31.2 Å². The van der Waals surface area contributed by atoms with Crippen LogP contribution in [0.4, 0.5) is 0 Å². The third-order valence-corrected chi connectivity index (χ3v) is 4.33. The minimum Gasteiger partial charge on any atom is -0.339 e. The molecule has 1 aliphatic rings. The molecule has 0 fully saturated rings. The number of carbonyl (C=O) groups is 1. The number of fused-ring (bicyclic) bond motifs is 1. The molecule has 25 heavy (non-hydrogen) atoms. The second-order valence-electron chi connectivity index (χ2n) is 6.10. The first-order valence-electron chi connectivity index (χ1n) is 8.34. The Balaban J connectivity index is 1.49. The number of hydrogen-bond donors (Lipinski definition) is 2. The second kappa shape index (κ2) is 6.46. The van der Waals surface area contributed by atoms with Gasteiger partial charge in [-0.1, -0.05) is 11.2 Å². The van der Waals surface area contributed by atoms with Gasteiger partial charge in [-0.15, -0.1) is 0 Å². The van der Waals surface area contributed by atoms with Gasteiger partial charge in [0, 0.05) is 17.5 Å². The maximum atomic E-state index is 12.5. The molecular formula is C17H18N6O2. The second-order valence-corrected chi connectivity index (χ2v) is 6.10. The van der Waals surface area contributed by atoms with Crippen molar-refractivity contribution in [2.45, 2.75) is 38.6 Å². The first-order valence-corrected chi connectivity index (χ1v) is 8.34. The summed E-state index contributed by atoms with van der Waals surface area (Å²) in [5.74, 6) is 0.497. The van der Waals surface area contributed by atoms with Crippen molar-refractivity contribution in [1.29, 1.82) is 0 Å². The topological polar surface area (TPSA) is 110 Å². The number of amides is 1. The summed E-state index contributed by atoms with van der Waals surface area (Å²) < 4.78 is 5.27. The summed E-state index contributed by atoms with van der Waals surface area (Å²) in [6, 6.07) is 5.05. The van der Waals surface area contributed by atoms with Crippen molar-refractivity contribution in [3.05, 3.63) is 47.2 Å². The van der Waals surface area contributed by atoms with E-state index in [0.29, 0.717) is 23.1 Å². The van der Waals surface area contributed by atoms with E-state index in [1.54, 1.807) is 19.2 Å². The molecule has 128 valence electrons. The summed E-state index contributed by atoms with van der Waals surface area (Å²) in [7, 11) is 0. The quantitative estimate of drug-likeness (QED) is 0.755. The monoisotopic (exact) mass is 338 g/mol. The predicted molar refractivity (Wildman–Crippen MR) is 88.6 cm³/mol. The van der Waals surface area contributed by atoms with Gasteiger partial charge in [0.05, 0.1) is 0 Å². The van der Waals surface area contributed by atoms with E-state index in [4.69, 9.17) is 4.52 Å². The van der Waals surface area contributed by atoms with Crippen LogP contribution in [0.25, 0.3) is 11.5 Å². The molecule has 2 N–H and O–H groups in total. The molecule has 8 nitrogen and oxygen atoms in total. The summed E-state index contributed by atoms with van der Waals surface area (Å²) in [5, 5.41) is 14.0. The van der Waals surface area contributed by atoms with Crippen molar-refractivity contribution in [3.63, 3.8) is 0 Å². The van der Waals surface area contributed by atoms with Crippen molar-refractivity contribution < 1.29 is 9.32 Å². The minimum absolute atomic E-state index is 0.232. The Bertz CT molecular complexity index is 886. The average molecular weight is 338 g/mol. The lowest BCUT2D eigenvalue weighted by molar-refractivity contribution is 0.0926. The Morgan fingerprint density at radius 1 is 1.32 bits per heavy atom. The Kier molecular flexibility index (Phi) is 4.01. The smallest absolute Gasteiger partial charge is 0.272 e. The number of aromatic amines is 1. The number of H-pyrrole nitrogens is 1. The van der Waals surface area contributed by atoms with Crippen LogP contribution < -0.4 is 5.32 Å². The number of aryl methyl sites for hydroxylation is 1. The molecule has 1 atom stereocenters. The van der Waals surface area contributed by atoms with Crippen LogP contribution in [0, 0.1) is 0 Å². The number of nitrogens with one attached hydrogen (secondary N) is 2. The Morgan fingerprint density at radius 2 is 2.20 bits per heavy atom. The fourth-order valence-electron chi connectivity index (χ4n) is 3.01. The molecule has 3 aromatic rings. The van der Waals surface area contributed by atoms with Crippen molar-refractivity contribution >= 4 is 5.91 Å². The maximum Gasteiger partial charge on any atom is 0.272 e. The molecule has 1 amide bonds. The molecule has 3 heterocycles. The molecule has 8 heteroatoms. The summed E-state index contributed by atoms with van der Waals surface area (Å²) in [6.07, 6.45) is 5.71. The van der Waals surface area contributed by atoms with Crippen LogP contribution in [-0.2, 0) is 12.8 Å². The van der Waals surface area contributed by atoms with Crippen LogP contribution in [0.5, 0.6) is 0 Å². The van der Waals surface area contributed by atoms with E-state index in [-0.39, 0.29) is 5.91 Å². The summed E-state index contributed by atoms with van der Waals surface area (Å²) in [6.45, 7) is 1.80. The SMILES string of the molecule is CC(NC(=O)c1n[nH]c2c1CCCC2)c1nc(-c2ccccn2)no1. The first-order chi connectivity index (χ1) is 12.2. The van der Waals surface area contributed by atoms with E-state index in [9.17, 15) is 4.79 Å². The van der Waals surface area contributed by atoms with E-state index >= 15 is 0 Å². The fourth-order valence-corrected chi connectivity index (χ4v) is 3.01. The third kappa shape index (κ3) is 3.02. The van der Waals surface area contributed by atoms with Crippen LogP contribution >= 0.6 is 0 Å². The zero-order chi connectivity index (χ0) is 17.2. The number of pyridine rings is 1. The van der Waals surface area contributed by atoms with Gasteiger partial charge in [-0.25, -0.2) is 0 Å². The molecule has 1 unspecified atom stereocenters. The van der Waals surface area contributed by atoms with Crippen molar-refractivity contribution in [3.8, 4) is 11.5 Å². The molecule has 0 spiro atoms. The lowest BCUT2D eigenvalue weighted by Crippen LogP contribution is -2.28. The fraction of sp³-hybridized carbons (Fsp3) is 0.353. The molecule has 0 radical (unpaired) electrons. The van der Waals surface area contributed by atoms with Crippen molar-refractivity contribution in [1.82, 2.24) is 30.6 Å². The van der Waals surface area contributed by atoms with Gasteiger partial charge in [-0.3, -0.25) is 14.9 Å². The lowest BCUT2D eigenvalue weighted by atomic mass is 9.96. The number of aromatic nitrogens is 5. The number of hydrogen-bond acceptors (Lipinski definition) is 6. The van der Waals surface area contributed by atoms with E-state index in [1.165, 1.54) is 0 Å². The standard InChI is InChI=1S/C17H18N6O2/c1-10(17-20-15(23-25-17)13-8-4-5-9-18-13)19-16(24)14-11-6-2-3-7-12(11)21-22-14/h4-5,8-10H,2-3,6-7H2,1H3,(H,19,24)(H,21,22). The Hall–Kier alpha value is -3.03. The van der Waals surface area contributed by atoms with Gasteiger partial charge < -0.3 is 9.84 Å². The van der Waals surface area contributed by atoms with Crippen LogP contribution in [0.15, 0.2) is 28.9 Å². The number of carbonyl (C=O) groups excluding carboxylic acids is 1. The summed E-state index contributed by atoms with van der Waals surface area (Å²) in [4.78, 5) is 21.0. The third-order valence-electron chi connectivity index (χ3n) is 4.33. The first kappa shape index (κ1) is 15.5. The molecule has 0 aliphatic heterocycles. The number of nitrogens with zero attached hydrogens (tertiary/aromatic N) is 4. The van der Waals surface area contributed by atoms with Gasteiger partial charge >= 0.3 is 0 Å².